The van der Waals surface area contributed by atoms with Crippen LogP contribution in [0.15, 0.2) is 0 Å². The molecule has 0 aliphatic carbocycles. The Morgan fingerprint density at radius 1 is 0.938 bits per heavy atom. The predicted molar refractivity (Wildman–Crippen MR) is 71.8 cm³/mol. The van der Waals surface area contributed by atoms with Gasteiger partial charge in [0, 0.05) is 6.04 Å². The molecule has 2 rings (SSSR count). The van der Waals surface area contributed by atoms with E-state index >= 15 is 0 Å². The fourth-order valence-corrected chi connectivity index (χ4v) is 2.92. The molecule has 2 fully saturated rings. The van der Waals surface area contributed by atoms with Gasteiger partial charge >= 0.3 is 0 Å². The fraction of sp³-hybridized carbons (Fsp3) is 1.00. The zero-order chi connectivity index (χ0) is 12.0. The third-order valence-corrected chi connectivity index (χ3v) is 4.22. The molecule has 0 radical (unpaired) electrons. The number of hydrogen-bond acceptors (Lipinski definition) is 2. The highest BCUT2D eigenvalue weighted by molar-refractivity contribution is 4.80. The highest BCUT2D eigenvalue weighted by Gasteiger charge is 2.25. The first kappa shape index (κ1) is 14.0. The van der Waals surface area contributed by atoms with E-state index in [0.717, 1.165) is 12.0 Å². The number of nitrogens with zero attached hydrogens (tertiary/aromatic N) is 2. The van der Waals surface area contributed by atoms with E-state index in [-0.39, 0.29) is 0 Å². The lowest BCUT2D eigenvalue weighted by Crippen LogP contribution is -2.41. The Bertz CT molecular complexity index is 178. The summed E-state index contributed by atoms with van der Waals surface area (Å²) in [6.45, 7) is 8.59. The zero-order valence-electron chi connectivity index (χ0n) is 11.7. The standard InChI is InChI=1S/C10H21N.C4H9N/c1-4-9-7-6-8-11(3)10(9)5-2;1-5-3-2-4-5/h9-10H,4-8H2,1-3H3;2-4H2,1H3. The Balaban J connectivity index is 0.000000212. The first-order chi connectivity index (χ1) is 7.69. The predicted octanol–water partition coefficient (Wildman–Crippen LogP) is 2.84. The second-order valence-electron chi connectivity index (χ2n) is 5.42. The maximum absolute atomic E-state index is 2.54. The van der Waals surface area contributed by atoms with E-state index in [1.165, 1.54) is 51.7 Å². The van der Waals surface area contributed by atoms with Crippen molar-refractivity contribution in [3.05, 3.63) is 0 Å². The van der Waals surface area contributed by atoms with Crippen molar-refractivity contribution in [3.8, 4) is 0 Å². The first-order valence-corrected chi connectivity index (χ1v) is 7.07. The van der Waals surface area contributed by atoms with E-state index < -0.39 is 0 Å². The second kappa shape index (κ2) is 7.29. The highest BCUT2D eigenvalue weighted by Crippen LogP contribution is 2.26. The monoisotopic (exact) mass is 226 g/mol. The van der Waals surface area contributed by atoms with Crippen molar-refractivity contribution in [2.45, 2.75) is 52.0 Å². The van der Waals surface area contributed by atoms with Crippen LogP contribution in [0.25, 0.3) is 0 Å². The third kappa shape index (κ3) is 4.06. The molecular formula is C14H30N2. The molecule has 0 aromatic heterocycles. The molecule has 2 heterocycles. The molecule has 0 bridgehead atoms. The van der Waals surface area contributed by atoms with Crippen LogP contribution >= 0.6 is 0 Å². The van der Waals surface area contributed by atoms with Crippen LogP contribution in [-0.2, 0) is 0 Å². The lowest BCUT2D eigenvalue weighted by Gasteiger charge is -2.38. The number of piperidine rings is 1. The quantitative estimate of drug-likeness (QED) is 0.714. The van der Waals surface area contributed by atoms with Crippen molar-refractivity contribution in [2.24, 2.45) is 5.92 Å². The van der Waals surface area contributed by atoms with Crippen LogP contribution in [-0.4, -0.2) is 49.6 Å². The minimum Gasteiger partial charge on any atom is -0.306 e. The minimum absolute atomic E-state index is 0.869. The Hall–Kier alpha value is -0.0800. The van der Waals surface area contributed by atoms with Gasteiger partial charge in [0.1, 0.15) is 0 Å². The highest BCUT2D eigenvalue weighted by atomic mass is 15.1. The first-order valence-electron chi connectivity index (χ1n) is 7.07. The third-order valence-electron chi connectivity index (χ3n) is 4.22. The van der Waals surface area contributed by atoms with E-state index in [9.17, 15) is 0 Å². The molecule has 0 spiro atoms. The molecule has 0 amide bonds. The summed E-state index contributed by atoms with van der Waals surface area (Å²) >= 11 is 0. The van der Waals surface area contributed by atoms with E-state index in [1.54, 1.807) is 0 Å². The molecule has 2 atom stereocenters. The molecule has 16 heavy (non-hydrogen) atoms. The van der Waals surface area contributed by atoms with Gasteiger partial charge in [0.15, 0.2) is 0 Å². The Morgan fingerprint density at radius 2 is 1.56 bits per heavy atom. The molecular weight excluding hydrogens is 196 g/mol. The Kier molecular flexibility index (Phi) is 6.37. The van der Waals surface area contributed by atoms with Crippen LogP contribution in [0.1, 0.15) is 46.0 Å². The molecule has 2 unspecified atom stereocenters. The van der Waals surface area contributed by atoms with Crippen LogP contribution in [0.3, 0.4) is 0 Å². The number of rotatable bonds is 2. The van der Waals surface area contributed by atoms with Gasteiger partial charge in [-0.1, -0.05) is 20.3 Å². The van der Waals surface area contributed by atoms with Gasteiger partial charge in [-0.3, -0.25) is 0 Å². The molecule has 0 saturated carbocycles. The van der Waals surface area contributed by atoms with Crippen molar-refractivity contribution in [1.29, 1.82) is 0 Å². The molecule has 0 aromatic carbocycles. The van der Waals surface area contributed by atoms with Crippen LogP contribution < -0.4 is 0 Å². The number of hydrogen-bond donors (Lipinski definition) is 0. The summed E-state index contributed by atoms with van der Waals surface area (Å²) in [4.78, 5) is 4.84. The van der Waals surface area contributed by atoms with E-state index in [4.69, 9.17) is 0 Å². The molecule has 2 nitrogen and oxygen atoms in total. The summed E-state index contributed by atoms with van der Waals surface area (Å²) in [5.41, 5.74) is 0. The summed E-state index contributed by atoms with van der Waals surface area (Å²) in [5.74, 6) is 0.971. The van der Waals surface area contributed by atoms with Crippen molar-refractivity contribution >= 4 is 0 Å². The lowest BCUT2D eigenvalue weighted by atomic mass is 9.86. The van der Waals surface area contributed by atoms with Gasteiger partial charge in [0.05, 0.1) is 0 Å². The van der Waals surface area contributed by atoms with Crippen molar-refractivity contribution in [3.63, 3.8) is 0 Å². The second-order valence-corrected chi connectivity index (χ2v) is 5.42. The summed E-state index contributed by atoms with van der Waals surface area (Å²) in [6.07, 6.45) is 6.97. The maximum Gasteiger partial charge on any atom is 0.0118 e. The SMILES string of the molecule is CCC1CCCN(C)C1CC.CN1CCC1. The van der Waals surface area contributed by atoms with Crippen molar-refractivity contribution in [2.75, 3.05) is 33.7 Å². The van der Waals surface area contributed by atoms with Crippen molar-refractivity contribution < 1.29 is 0 Å². The van der Waals surface area contributed by atoms with Crippen LogP contribution in [0.5, 0.6) is 0 Å². The fourth-order valence-electron chi connectivity index (χ4n) is 2.92. The van der Waals surface area contributed by atoms with Gasteiger partial charge in [0.2, 0.25) is 0 Å². The molecule has 0 aromatic rings. The molecule has 2 heteroatoms. The molecule has 96 valence electrons. The zero-order valence-corrected chi connectivity index (χ0v) is 11.7. The lowest BCUT2D eigenvalue weighted by molar-refractivity contribution is 0.114. The largest absolute Gasteiger partial charge is 0.306 e. The number of likely N-dealkylation sites (tertiary alicyclic amines) is 2. The van der Waals surface area contributed by atoms with E-state index in [1.807, 2.05) is 0 Å². The van der Waals surface area contributed by atoms with Gasteiger partial charge < -0.3 is 9.80 Å². The molecule has 2 aliphatic heterocycles. The normalized spacial score (nSPS) is 31.5. The van der Waals surface area contributed by atoms with Gasteiger partial charge in [-0.25, -0.2) is 0 Å². The van der Waals surface area contributed by atoms with Crippen LogP contribution in [0.4, 0.5) is 0 Å². The van der Waals surface area contributed by atoms with Gasteiger partial charge in [-0.05, 0) is 65.3 Å². The van der Waals surface area contributed by atoms with Crippen LogP contribution in [0.2, 0.25) is 0 Å². The summed E-state index contributed by atoms with van der Waals surface area (Å²) in [6, 6.07) is 0.869. The van der Waals surface area contributed by atoms with E-state index in [0.29, 0.717) is 0 Å². The van der Waals surface area contributed by atoms with Gasteiger partial charge in [-0.15, -0.1) is 0 Å². The van der Waals surface area contributed by atoms with Crippen LogP contribution in [0, 0.1) is 5.92 Å². The van der Waals surface area contributed by atoms with Gasteiger partial charge in [0.25, 0.3) is 0 Å². The maximum atomic E-state index is 2.54. The Morgan fingerprint density at radius 3 is 1.88 bits per heavy atom. The average molecular weight is 226 g/mol. The summed E-state index contributed by atoms with van der Waals surface area (Å²) < 4.78 is 0. The molecule has 2 saturated heterocycles. The summed E-state index contributed by atoms with van der Waals surface area (Å²) in [5, 5.41) is 0. The van der Waals surface area contributed by atoms with E-state index in [2.05, 4.69) is 37.7 Å². The topological polar surface area (TPSA) is 6.48 Å². The Labute approximate surface area is 102 Å². The smallest absolute Gasteiger partial charge is 0.0118 e. The minimum atomic E-state index is 0.869. The van der Waals surface area contributed by atoms with Gasteiger partial charge in [-0.2, -0.15) is 0 Å². The summed E-state index contributed by atoms with van der Waals surface area (Å²) in [7, 11) is 4.42. The molecule has 2 aliphatic rings. The average Bonchev–Trinajstić information content (AvgIpc) is 2.26. The molecule has 0 N–H and O–H groups in total. The van der Waals surface area contributed by atoms with Crippen molar-refractivity contribution in [1.82, 2.24) is 9.80 Å².